The molecule has 0 N–H and O–H groups in total. The van der Waals surface area contributed by atoms with Crippen LogP contribution in [-0.4, -0.2) is 4.98 Å². The summed E-state index contributed by atoms with van der Waals surface area (Å²) in [6.45, 7) is 1.88. The second-order valence-corrected chi connectivity index (χ2v) is 1.70. The molecule has 0 unspecified atom stereocenters. The molecule has 47 valence electrons. The van der Waals surface area contributed by atoms with Crippen molar-refractivity contribution >= 4 is 0 Å². The van der Waals surface area contributed by atoms with E-state index in [0.29, 0.717) is 0 Å². The van der Waals surface area contributed by atoms with Gasteiger partial charge in [-0.3, -0.25) is 0 Å². The maximum Gasteiger partial charge on any atom is 0.212 e. The van der Waals surface area contributed by atoms with E-state index in [9.17, 15) is 4.39 Å². The number of pyridine rings is 1. The first-order chi connectivity index (χ1) is 4.33. The van der Waals surface area contributed by atoms with Gasteiger partial charge in [0.15, 0.2) is 0 Å². The molecule has 0 atom stereocenters. The summed E-state index contributed by atoms with van der Waals surface area (Å²) in [5.74, 6) is -0.430. The van der Waals surface area contributed by atoms with Crippen LogP contribution in [0, 0.1) is 12.4 Å². The van der Waals surface area contributed by atoms with Crippen LogP contribution in [0.1, 0.15) is 12.5 Å². The summed E-state index contributed by atoms with van der Waals surface area (Å²) in [5, 5.41) is 0. The van der Waals surface area contributed by atoms with Crippen LogP contribution in [0.5, 0.6) is 0 Å². The lowest BCUT2D eigenvalue weighted by atomic mass is 10.2. The third kappa shape index (κ3) is 1.49. The van der Waals surface area contributed by atoms with Crippen molar-refractivity contribution < 1.29 is 4.39 Å². The van der Waals surface area contributed by atoms with Crippen molar-refractivity contribution in [2.45, 2.75) is 6.92 Å². The molecule has 0 spiro atoms. The molecule has 0 amide bonds. The molecule has 0 saturated carbocycles. The monoisotopic (exact) mass is 124 g/mol. The van der Waals surface area contributed by atoms with Crippen LogP contribution >= 0.6 is 0 Å². The predicted molar refractivity (Wildman–Crippen MR) is 33.3 cm³/mol. The number of halogens is 1. The fraction of sp³-hybridized carbons (Fsp3) is 0.143. The third-order valence-corrected chi connectivity index (χ3v) is 1.08. The minimum atomic E-state index is -0.430. The van der Waals surface area contributed by atoms with Crippen LogP contribution in [0.3, 0.4) is 0 Å². The average molecular weight is 124 g/mol. The number of nitrogens with zero attached hydrogens (tertiary/aromatic N) is 1. The Bertz CT molecular complexity index is 181. The highest BCUT2D eigenvalue weighted by Crippen LogP contribution is 1.99. The van der Waals surface area contributed by atoms with Crippen molar-refractivity contribution in [2.75, 3.05) is 0 Å². The van der Waals surface area contributed by atoms with Gasteiger partial charge in [-0.2, -0.15) is 4.39 Å². The van der Waals surface area contributed by atoms with Crippen molar-refractivity contribution in [2.24, 2.45) is 0 Å². The molecule has 0 aliphatic carbocycles. The first-order valence-corrected chi connectivity index (χ1v) is 2.74. The standard InChI is InChI=1S/C7H7FN/c1-2-6-3-4-7(8)9-5-6/h2-5H,1H3. The quantitative estimate of drug-likeness (QED) is 0.520. The molecule has 0 aliphatic rings. The topological polar surface area (TPSA) is 12.9 Å². The zero-order chi connectivity index (χ0) is 6.69. The highest BCUT2D eigenvalue weighted by molar-refractivity contribution is 5.16. The molecule has 1 rings (SSSR count). The Morgan fingerprint density at radius 3 is 2.78 bits per heavy atom. The Morgan fingerprint density at radius 1 is 1.56 bits per heavy atom. The van der Waals surface area contributed by atoms with Gasteiger partial charge in [-0.15, -0.1) is 0 Å². The van der Waals surface area contributed by atoms with Crippen LogP contribution < -0.4 is 0 Å². The van der Waals surface area contributed by atoms with Crippen LogP contribution in [0.4, 0.5) is 4.39 Å². The van der Waals surface area contributed by atoms with Gasteiger partial charge in [-0.05, 0) is 18.1 Å². The van der Waals surface area contributed by atoms with E-state index in [1.165, 1.54) is 12.3 Å². The van der Waals surface area contributed by atoms with E-state index in [1.54, 1.807) is 6.07 Å². The molecular formula is C7H7FN. The summed E-state index contributed by atoms with van der Waals surface area (Å²) in [4.78, 5) is 3.45. The van der Waals surface area contributed by atoms with E-state index in [-0.39, 0.29) is 0 Å². The van der Waals surface area contributed by atoms with Crippen molar-refractivity contribution in [3.63, 3.8) is 0 Å². The largest absolute Gasteiger partial charge is 0.228 e. The second kappa shape index (κ2) is 2.58. The van der Waals surface area contributed by atoms with Crippen molar-refractivity contribution in [3.05, 3.63) is 36.3 Å². The van der Waals surface area contributed by atoms with Crippen LogP contribution in [0.2, 0.25) is 0 Å². The minimum Gasteiger partial charge on any atom is -0.228 e. The molecule has 1 heterocycles. The zero-order valence-electron chi connectivity index (χ0n) is 5.13. The maximum atomic E-state index is 12.1. The van der Waals surface area contributed by atoms with E-state index in [4.69, 9.17) is 0 Å². The van der Waals surface area contributed by atoms with Crippen LogP contribution in [0.25, 0.3) is 0 Å². The normalized spacial score (nSPS) is 9.56. The molecule has 1 nitrogen and oxygen atoms in total. The van der Waals surface area contributed by atoms with Crippen LogP contribution in [-0.2, 0) is 0 Å². The summed E-state index contributed by atoms with van der Waals surface area (Å²) in [6.07, 6.45) is 3.36. The Kier molecular flexibility index (Phi) is 1.78. The molecule has 9 heavy (non-hydrogen) atoms. The summed E-state index contributed by atoms with van der Waals surface area (Å²) < 4.78 is 12.1. The van der Waals surface area contributed by atoms with Gasteiger partial charge in [-0.25, -0.2) is 4.98 Å². The molecule has 0 saturated heterocycles. The first kappa shape index (κ1) is 6.20. The molecule has 1 aromatic rings. The van der Waals surface area contributed by atoms with E-state index in [0.717, 1.165) is 5.56 Å². The molecular weight excluding hydrogens is 117 g/mol. The van der Waals surface area contributed by atoms with Gasteiger partial charge >= 0.3 is 0 Å². The fourth-order valence-corrected chi connectivity index (χ4v) is 0.558. The minimum absolute atomic E-state index is 0.430. The van der Waals surface area contributed by atoms with Crippen LogP contribution in [0.15, 0.2) is 18.3 Å². The molecule has 0 aromatic carbocycles. The van der Waals surface area contributed by atoms with Gasteiger partial charge in [-0.1, -0.05) is 13.0 Å². The lowest BCUT2D eigenvalue weighted by Crippen LogP contribution is -1.82. The van der Waals surface area contributed by atoms with E-state index >= 15 is 0 Å². The lowest BCUT2D eigenvalue weighted by Gasteiger charge is -1.90. The summed E-state index contributed by atoms with van der Waals surface area (Å²) in [6, 6.07) is 3.03. The van der Waals surface area contributed by atoms with Gasteiger partial charge in [0.05, 0.1) is 0 Å². The van der Waals surface area contributed by atoms with Crippen molar-refractivity contribution in [1.82, 2.24) is 4.98 Å². The highest BCUT2D eigenvalue weighted by atomic mass is 19.1. The van der Waals surface area contributed by atoms with Crippen molar-refractivity contribution in [1.29, 1.82) is 0 Å². The zero-order valence-corrected chi connectivity index (χ0v) is 5.13. The summed E-state index contributed by atoms with van der Waals surface area (Å²) >= 11 is 0. The molecule has 2 heteroatoms. The number of hydrogen-bond donors (Lipinski definition) is 0. The van der Waals surface area contributed by atoms with E-state index in [2.05, 4.69) is 4.98 Å². The number of rotatable bonds is 1. The Balaban J connectivity index is 2.88. The van der Waals surface area contributed by atoms with Gasteiger partial charge < -0.3 is 0 Å². The second-order valence-electron chi connectivity index (χ2n) is 1.70. The fourth-order valence-electron chi connectivity index (χ4n) is 0.558. The Labute approximate surface area is 53.5 Å². The van der Waals surface area contributed by atoms with Gasteiger partial charge in [0.1, 0.15) is 0 Å². The first-order valence-electron chi connectivity index (χ1n) is 2.74. The maximum absolute atomic E-state index is 12.1. The van der Waals surface area contributed by atoms with E-state index < -0.39 is 5.95 Å². The molecule has 0 aliphatic heterocycles. The lowest BCUT2D eigenvalue weighted by molar-refractivity contribution is 0.583. The smallest absolute Gasteiger partial charge is 0.212 e. The van der Waals surface area contributed by atoms with Crippen molar-refractivity contribution in [3.8, 4) is 0 Å². The molecule has 0 fully saturated rings. The molecule has 0 bridgehead atoms. The van der Waals surface area contributed by atoms with E-state index in [1.807, 2.05) is 13.3 Å². The highest BCUT2D eigenvalue weighted by Gasteiger charge is 1.89. The van der Waals surface area contributed by atoms with Gasteiger partial charge in [0, 0.05) is 6.20 Å². The predicted octanol–water partition coefficient (Wildman–Crippen LogP) is 1.79. The molecule has 1 aromatic heterocycles. The Hall–Kier alpha value is -0.920. The molecule has 1 radical (unpaired) electrons. The Morgan fingerprint density at radius 2 is 2.33 bits per heavy atom. The van der Waals surface area contributed by atoms with Gasteiger partial charge in [0.25, 0.3) is 0 Å². The SMILES string of the molecule is C[CH]c1ccc(F)nc1. The summed E-state index contributed by atoms with van der Waals surface area (Å²) in [7, 11) is 0. The average Bonchev–Trinajstić information content (AvgIpc) is 1.90. The van der Waals surface area contributed by atoms with Gasteiger partial charge in [0.2, 0.25) is 5.95 Å². The number of aromatic nitrogens is 1. The third-order valence-electron chi connectivity index (χ3n) is 1.08. The number of hydrogen-bond acceptors (Lipinski definition) is 1. The summed E-state index contributed by atoms with van der Waals surface area (Å²) in [5.41, 5.74) is 0.941.